The zero-order valence-electron chi connectivity index (χ0n) is 11.3. The Kier molecular flexibility index (Phi) is 5.65. The molecule has 1 fully saturated rings. The lowest BCUT2D eigenvalue weighted by molar-refractivity contribution is -0.131. The van der Waals surface area contributed by atoms with E-state index in [1.165, 1.54) is 25.7 Å². The maximum absolute atomic E-state index is 10.7. The maximum Gasteiger partial charge on any atom is 0.328 e. The van der Waals surface area contributed by atoms with Crippen molar-refractivity contribution >= 4 is 28.0 Å². The van der Waals surface area contributed by atoms with Crippen LogP contribution < -0.4 is 4.74 Å². The fraction of sp³-hybridized carbons (Fsp3) is 0.438. The van der Waals surface area contributed by atoms with Gasteiger partial charge in [0.1, 0.15) is 5.75 Å². The van der Waals surface area contributed by atoms with Crippen LogP contribution in [0.15, 0.2) is 28.7 Å². The number of hydrogen-bond donors (Lipinski definition) is 1. The molecule has 20 heavy (non-hydrogen) atoms. The summed E-state index contributed by atoms with van der Waals surface area (Å²) in [6.45, 7) is 0. The van der Waals surface area contributed by atoms with Gasteiger partial charge in [-0.1, -0.05) is 25.0 Å². The van der Waals surface area contributed by atoms with Crippen LogP contribution in [0, 0.1) is 0 Å². The van der Waals surface area contributed by atoms with Crippen molar-refractivity contribution < 1.29 is 14.6 Å². The highest BCUT2D eigenvalue weighted by Crippen LogP contribution is 2.33. The lowest BCUT2D eigenvalue weighted by atomic mass is 10.1. The van der Waals surface area contributed by atoms with Crippen LogP contribution in [-0.2, 0) is 4.79 Å². The Morgan fingerprint density at radius 3 is 2.60 bits per heavy atom. The van der Waals surface area contributed by atoms with E-state index in [4.69, 9.17) is 9.84 Å². The van der Waals surface area contributed by atoms with Gasteiger partial charge in [0.15, 0.2) is 0 Å². The molecule has 0 radical (unpaired) electrons. The molecule has 1 saturated carbocycles. The number of rotatable bonds is 4. The monoisotopic (exact) mass is 338 g/mol. The van der Waals surface area contributed by atoms with Gasteiger partial charge >= 0.3 is 5.97 Å². The van der Waals surface area contributed by atoms with Crippen molar-refractivity contribution in [3.8, 4) is 5.75 Å². The fourth-order valence-electron chi connectivity index (χ4n) is 2.47. The Labute approximate surface area is 127 Å². The van der Waals surface area contributed by atoms with Crippen molar-refractivity contribution in [3.63, 3.8) is 0 Å². The molecule has 1 aromatic carbocycles. The number of carboxylic acid groups (broad SMARTS) is 1. The number of benzene rings is 1. The first kappa shape index (κ1) is 15.1. The minimum atomic E-state index is -0.953. The molecule has 0 heterocycles. The molecule has 1 aromatic rings. The number of para-hydroxylation sites is 1. The molecule has 4 heteroatoms. The van der Waals surface area contributed by atoms with Crippen LogP contribution in [0.3, 0.4) is 0 Å². The largest absolute Gasteiger partial charge is 0.489 e. The van der Waals surface area contributed by atoms with Crippen molar-refractivity contribution in [2.24, 2.45) is 0 Å². The topological polar surface area (TPSA) is 46.5 Å². The first-order valence-corrected chi connectivity index (χ1v) is 7.82. The van der Waals surface area contributed by atoms with Gasteiger partial charge in [0.05, 0.1) is 10.6 Å². The van der Waals surface area contributed by atoms with Gasteiger partial charge in [0.25, 0.3) is 0 Å². The SMILES string of the molecule is O=C(O)/C=C/c1cccc(Br)c1OC1CCCCCC1. The highest BCUT2D eigenvalue weighted by molar-refractivity contribution is 9.10. The molecular formula is C16H19BrO3. The number of halogens is 1. The van der Waals surface area contributed by atoms with Gasteiger partial charge in [0, 0.05) is 11.6 Å². The van der Waals surface area contributed by atoms with Gasteiger partial charge in [-0.3, -0.25) is 0 Å². The third-order valence-electron chi connectivity index (χ3n) is 3.49. The van der Waals surface area contributed by atoms with E-state index in [1.54, 1.807) is 6.08 Å². The molecule has 3 nitrogen and oxygen atoms in total. The van der Waals surface area contributed by atoms with Crippen molar-refractivity contribution in [1.29, 1.82) is 0 Å². The summed E-state index contributed by atoms with van der Waals surface area (Å²) in [6, 6.07) is 5.67. The summed E-state index contributed by atoms with van der Waals surface area (Å²) in [6.07, 6.45) is 10.1. The summed E-state index contributed by atoms with van der Waals surface area (Å²) >= 11 is 3.49. The molecule has 1 N–H and O–H groups in total. The molecule has 108 valence electrons. The summed E-state index contributed by atoms with van der Waals surface area (Å²) in [5.41, 5.74) is 0.797. The second-order valence-corrected chi connectivity index (χ2v) is 5.92. The van der Waals surface area contributed by atoms with E-state index in [0.29, 0.717) is 0 Å². The quantitative estimate of drug-likeness (QED) is 0.642. The first-order chi connectivity index (χ1) is 9.66. The second kappa shape index (κ2) is 7.48. The average Bonchev–Trinajstić information content (AvgIpc) is 2.68. The third kappa shape index (κ3) is 4.37. The Bertz CT molecular complexity index is 488. The standard InChI is InChI=1S/C16H19BrO3/c17-14-9-5-6-12(10-11-15(18)19)16(14)20-13-7-3-1-2-4-8-13/h5-6,9-11,13H,1-4,7-8H2,(H,18,19)/b11-10+. The molecular weight excluding hydrogens is 320 g/mol. The van der Waals surface area contributed by atoms with Crippen LogP contribution in [0.2, 0.25) is 0 Å². The van der Waals surface area contributed by atoms with E-state index in [0.717, 1.165) is 34.7 Å². The summed E-state index contributed by atoms with van der Waals surface area (Å²) < 4.78 is 7.01. The molecule has 1 aliphatic carbocycles. The number of aliphatic carboxylic acids is 1. The smallest absolute Gasteiger partial charge is 0.328 e. The van der Waals surface area contributed by atoms with E-state index in [1.807, 2.05) is 18.2 Å². The molecule has 0 amide bonds. The predicted molar refractivity (Wildman–Crippen MR) is 82.9 cm³/mol. The van der Waals surface area contributed by atoms with E-state index >= 15 is 0 Å². The Hall–Kier alpha value is -1.29. The van der Waals surface area contributed by atoms with Crippen molar-refractivity contribution in [2.75, 3.05) is 0 Å². The van der Waals surface area contributed by atoms with Crippen LogP contribution >= 0.6 is 15.9 Å². The summed E-state index contributed by atoms with van der Waals surface area (Å²) in [4.78, 5) is 10.7. The van der Waals surface area contributed by atoms with Gasteiger partial charge in [-0.15, -0.1) is 0 Å². The predicted octanol–water partition coefficient (Wildman–Crippen LogP) is 4.65. The van der Waals surface area contributed by atoms with Gasteiger partial charge in [-0.25, -0.2) is 4.79 Å². The fourth-order valence-corrected chi connectivity index (χ4v) is 2.94. The van der Waals surface area contributed by atoms with Crippen LogP contribution in [0.25, 0.3) is 6.08 Å². The summed E-state index contributed by atoms with van der Waals surface area (Å²) in [5.74, 6) is -0.206. The molecule has 1 aliphatic rings. The Balaban J connectivity index is 2.18. The minimum Gasteiger partial charge on any atom is -0.489 e. The molecule has 2 rings (SSSR count). The third-order valence-corrected chi connectivity index (χ3v) is 4.11. The van der Waals surface area contributed by atoms with Gasteiger partial charge in [-0.2, -0.15) is 0 Å². The van der Waals surface area contributed by atoms with E-state index in [-0.39, 0.29) is 6.10 Å². The van der Waals surface area contributed by atoms with Crippen molar-refractivity contribution in [1.82, 2.24) is 0 Å². The highest BCUT2D eigenvalue weighted by atomic mass is 79.9. The molecule has 0 aromatic heterocycles. The van der Waals surface area contributed by atoms with Crippen LogP contribution in [0.5, 0.6) is 5.75 Å². The number of carbonyl (C=O) groups is 1. The molecule has 0 aliphatic heterocycles. The lowest BCUT2D eigenvalue weighted by Gasteiger charge is -2.19. The van der Waals surface area contributed by atoms with E-state index in [2.05, 4.69) is 15.9 Å². The van der Waals surface area contributed by atoms with E-state index < -0.39 is 5.97 Å². The van der Waals surface area contributed by atoms with Crippen molar-refractivity contribution in [2.45, 2.75) is 44.6 Å². The number of hydrogen-bond acceptors (Lipinski definition) is 2. The summed E-state index contributed by atoms with van der Waals surface area (Å²) in [5, 5.41) is 8.75. The van der Waals surface area contributed by atoms with Crippen LogP contribution in [0.1, 0.15) is 44.1 Å². The first-order valence-electron chi connectivity index (χ1n) is 7.03. The molecule has 0 bridgehead atoms. The summed E-state index contributed by atoms with van der Waals surface area (Å²) in [7, 11) is 0. The molecule has 0 saturated heterocycles. The molecule has 0 atom stereocenters. The van der Waals surface area contributed by atoms with Crippen LogP contribution in [-0.4, -0.2) is 17.2 Å². The van der Waals surface area contributed by atoms with E-state index in [9.17, 15) is 4.79 Å². The second-order valence-electron chi connectivity index (χ2n) is 5.06. The Morgan fingerprint density at radius 2 is 1.95 bits per heavy atom. The van der Waals surface area contributed by atoms with Gasteiger partial charge < -0.3 is 9.84 Å². The normalized spacial score (nSPS) is 17.1. The average molecular weight is 339 g/mol. The van der Waals surface area contributed by atoms with Gasteiger partial charge in [0.2, 0.25) is 0 Å². The maximum atomic E-state index is 10.7. The minimum absolute atomic E-state index is 0.230. The zero-order valence-corrected chi connectivity index (χ0v) is 12.9. The van der Waals surface area contributed by atoms with Crippen molar-refractivity contribution in [3.05, 3.63) is 34.3 Å². The molecule has 0 spiro atoms. The number of ether oxygens (including phenoxy) is 1. The molecule has 0 unspecified atom stereocenters. The number of carboxylic acids is 1. The lowest BCUT2D eigenvalue weighted by Crippen LogP contribution is -2.16. The highest BCUT2D eigenvalue weighted by Gasteiger charge is 2.16. The van der Waals surface area contributed by atoms with Gasteiger partial charge in [-0.05, 0) is 53.8 Å². The van der Waals surface area contributed by atoms with Crippen LogP contribution in [0.4, 0.5) is 0 Å². The zero-order chi connectivity index (χ0) is 14.4. The Morgan fingerprint density at radius 1 is 1.25 bits per heavy atom.